The van der Waals surface area contributed by atoms with Gasteiger partial charge in [0.05, 0.1) is 12.5 Å². The van der Waals surface area contributed by atoms with Crippen molar-refractivity contribution in [1.29, 1.82) is 0 Å². The minimum Gasteiger partial charge on any atom is -0.351 e. The van der Waals surface area contributed by atoms with E-state index in [1.807, 2.05) is 19.2 Å². The predicted octanol–water partition coefficient (Wildman–Crippen LogP) is 1.65. The van der Waals surface area contributed by atoms with Gasteiger partial charge in [-0.05, 0) is 30.7 Å². The zero-order valence-electron chi connectivity index (χ0n) is 12.6. The van der Waals surface area contributed by atoms with Crippen molar-refractivity contribution in [3.8, 4) is 0 Å². The highest BCUT2D eigenvalue weighted by molar-refractivity contribution is 6.01. The number of nitrogens with zero attached hydrogens (tertiary/aromatic N) is 2. The molecule has 2 N–H and O–H groups in total. The lowest BCUT2D eigenvalue weighted by Gasteiger charge is -2.26. The molecule has 0 radical (unpaired) electrons. The summed E-state index contributed by atoms with van der Waals surface area (Å²) in [7, 11) is 0. The number of benzene rings is 1. The van der Waals surface area contributed by atoms with E-state index in [0.717, 1.165) is 0 Å². The molecule has 3 rings (SSSR count). The topological polar surface area (TPSA) is 76.0 Å². The maximum Gasteiger partial charge on any atom is 0.228 e. The van der Waals surface area contributed by atoms with Gasteiger partial charge in [-0.15, -0.1) is 0 Å². The first kappa shape index (κ1) is 15.2. The molecule has 1 aliphatic rings. The van der Waals surface area contributed by atoms with E-state index in [-0.39, 0.29) is 24.3 Å². The third-order valence-electron chi connectivity index (χ3n) is 3.78. The number of carbonyl (C=O) groups excluding carboxylic acids is 2. The SMILES string of the molecule is C[C@@H](Cn1cccn1)NC(=O)[C@@H]1CC(=O)Nc2cc(F)ccc21. The van der Waals surface area contributed by atoms with E-state index in [1.54, 1.807) is 16.9 Å². The molecule has 1 aromatic heterocycles. The fourth-order valence-corrected chi connectivity index (χ4v) is 2.75. The largest absolute Gasteiger partial charge is 0.351 e. The molecule has 120 valence electrons. The van der Waals surface area contributed by atoms with Crippen LogP contribution < -0.4 is 10.6 Å². The molecule has 2 atom stereocenters. The van der Waals surface area contributed by atoms with Crippen LogP contribution in [0.1, 0.15) is 24.8 Å². The van der Waals surface area contributed by atoms with Gasteiger partial charge in [0.25, 0.3) is 0 Å². The van der Waals surface area contributed by atoms with Crippen LogP contribution in [0.15, 0.2) is 36.7 Å². The highest BCUT2D eigenvalue weighted by Crippen LogP contribution is 2.32. The number of rotatable bonds is 4. The molecule has 0 unspecified atom stereocenters. The highest BCUT2D eigenvalue weighted by Gasteiger charge is 2.31. The summed E-state index contributed by atoms with van der Waals surface area (Å²) in [5.41, 5.74) is 0.996. The van der Waals surface area contributed by atoms with Gasteiger partial charge in [0.2, 0.25) is 11.8 Å². The molecule has 0 spiro atoms. The summed E-state index contributed by atoms with van der Waals surface area (Å²) in [6.07, 6.45) is 3.54. The third kappa shape index (κ3) is 3.39. The van der Waals surface area contributed by atoms with E-state index < -0.39 is 11.7 Å². The van der Waals surface area contributed by atoms with Crippen molar-refractivity contribution in [3.05, 3.63) is 48.0 Å². The first-order valence-electron chi connectivity index (χ1n) is 7.40. The number of aromatic nitrogens is 2. The van der Waals surface area contributed by atoms with Crippen LogP contribution in [0.5, 0.6) is 0 Å². The maximum absolute atomic E-state index is 13.3. The van der Waals surface area contributed by atoms with Gasteiger partial charge in [-0.2, -0.15) is 5.10 Å². The van der Waals surface area contributed by atoms with Gasteiger partial charge in [0, 0.05) is 30.5 Å². The number of hydrogen-bond acceptors (Lipinski definition) is 3. The second-order valence-electron chi connectivity index (χ2n) is 5.67. The van der Waals surface area contributed by atoms with E-state index in [4.69, 9.17) is 0 Å². The Kier molecular flexibility index (Phi) is 4.10. The first-order valence-corrected chi connectivity index (χ1v) is 7.40. The molecular weight excluding hydrogens is 299 g/mol. The van der Waals surface area contributed by atoms with Gasteiger partial charge in [0.1, 0.15) is 5.82 Å². The number of anilines is 1. The molecule has 1 aliphatic heterocycles. The maximum atomic E-state index is 13.3. The molecular formula is C16H17FN4O2. The Morgan fingerprint density at radius 3 is 3.13 bits per heavy atom. The fraction of sp³-hybridized carbons (Fsp3) is 0.312. The van der Waals surface area contributed by atoms with Crippen LogP contribution in [-0.4, -0.2) is 27.6 Å². The Morgan fingerprint density at radius 1 is 1.57 bits per heavy atom. The Morgan fingerprint density at radius 2 is 2.39 bits per heavy atom. The van der Waals surface area contributed by atoms with Gasteiger partial charge < -0.3 is 10.6 Å². The summed E-state index contributed by atoms with van der Waals surface area (Å²) in [6.45, 7) is 2.40. The second-order valence-corrected chi connectivity index (χ2v) is 5.67. The molecule has 7 heteroatoms. The number of hydrogen-bond donors (Lipinski definition) is 2. The van der Waals surface area contributed by atoms with Gasteiger partial charge in [-0.3, -0.25) is 14.3 Å². The molecule has 0 fully saturated rings. The monoisotopic (exact) mass is 316 g/mol. The van der Waals surface area contributed by atoms with Crippen LogP contribution >= 0.6 is 0 Å². The van der Waals surface area contributed by atoms with Crippen LogP contribution in [0.4, 0.5) is 10.1 Å². The molecule has 0 bridgehead atoms. The molecule has 0 saturated heterocycles. The Balaban J connectivity index is 1.73. The quantitative estimate of drug-likeness (QED) is 0.900. The van der Waals surface area contributed by atoms with Crippen LogP contribution in [-0.2, 0) is 16.1 Å². The van der Waals surface area contributed by atoms with Crippen LogP contribution in [0.3, 0.4) is 0 Å². The molecule has 0 aliphatic carbocycles. The van der Waals surface area contributed by atoms with Gasteiger partial charge in [-0.1, -0.05) is 6.07 Å². The van der Waals surface area contributed by atoms with E-state index in [2.05, 4.69) is 15.7 Å². The van der Waals surface area contributed by atoms with Crippen LogP contribution in [0.2, 0.25) is 0 Å². The lowest BCUT2D eigenvalue weighted by Crippen LogP contribution is -2.41. The van der Waals surface area contributed by atoms with Crippen LogP contribution in [0.25, 0.3) is 0 Å². The Hall–Kier alpha value is -2.70. The zero-order valence-corrected chi connectivity index (χ0v) is 12.6. The van der Waals surface area contributed by atoms with E-state index in [9.17, 15) is 14.0 Å². The zero-order chi connectivity index (χ0) is 16.4. The van der Waals surface area contributed by atoms with Crippen molar-refractivity contribution >= 4 is 17.5 Å². The summed E-state index contributed by atoms with van der Waals surface area (Å²) in [6, 6.07) is 5.75. The lowest BCUT2D eigenvalue weighted by molar-refractivity contribution is -0.126. The molecule has 2 aromatic rings. The van der Waals surface area contributed by atoms with Gasteiger partial charge >= 0.3 is 0 Å². The van der Waals surface area contributed by atoms with E-state index >= 15 is 0 Å². The van der Waals surface area contributed by atoms with Crippen LogP contribution in [0, 0.1) is 5.82 Å². The molecule has 2 heterocycles. The van der Waals surface area contributed by atoms with Crippen molar-refractivity contribution in [1.82, 2.24) is 15.1 Å². The minimum absolute atomic E-state index is 0.0545. The molecule has 23 heavy (non-hydrogen) atoms. The average Bonchev–Trinajstić information content (AvgIpc) is 2.98. The summed E-state index contributed by atoms with van der Waals surface area (Å²) in [5, 5.41) is 9.59. The molecule has 6 nitrogen and oxygen atoms in total. The summed E-state index contributed by atoms with van der Waals surface area (Å²) in [4.78, 5) is 24.3. The van der Waals surface area contributed by atoms with Crippen molar-refractivity contribution in [2.24, 2.45) is 0 Å². The predicted molar refractivity (Wildman–Crippen MR) is 82.2 cm³/mol. The van der Waals surface area contributed by atoms with Crippen molar-refractivity contribution in [3.63, 3.8) is 0 Å². The lowest BCUT2D eigenvalue weighted by atomic mass is 9.89. The van der Waals surface area contributed by atoms with E-state index in [1.165, 1.54) is 12.1 Å². The first-order chi connectivity index (χ1) is 11.0. The molecule has 0 saturated carbocycles. The Bertz CT molecular complexity index is 730. The second kappa shape index (κ2) is 6.20. The number of fused-ring (bicyclic) bond motifs is 1. The fourth-order valence-electron chi connectivity index (χ4n) is 2.75. The van der Waals surface area contributed by atoms with Gasteiger partial charge in [-0.25, -0.2) is 4.39 Å². The number of carbonyl (C=O) groups is 2. The summed E-state index contributed by atoms with van der Waals surface area (Å²) in [5.74, 6) is -1.59. The number of halogens is 1. The molecule has 1 aromatic carbocycles. The number of amides is 2. The minimum atomic E-state index is -0.612. The number of nitrogens with one attached hydrogen (secondary N) is 2. The van der Waals surface area contributed by atoms with Gasteiger partial charge in [0.15, 0.2) is 0 Å². The standard InChI is InChI=1S/C16H17FN4O2/c1-10(9-21-6-2-5-18-21)19-16(23)13-8-15(22)20-14-7-11(17)3-4-12(13)14/h2-7,10,13H,8-9H2,1H3,(H,19,23)(H,20,22)/t10-,13+/m0/s1. The third-order valence-corrected chi connectivity index (χ3v) is 3.78. The van der Waals surface area contributed by atoms with E-state index in [0.29, 0.717) is 17.8 Å². The van der Waals surface area contributed by atoms with Crippen molar-refractivity contribution < 1.29 is 14.0 Å². The summed E-state index contributed by atoms with van der Waals surface area (Å²) >= 11 is 0. The molecule has 2 amide bonds. The van der Waals surface area contributed by atoms with Crippen molar-refractivity contribution in [2.75, 3.05) is 5.32 Å². The smallest absolute Gasteiger partial charge is 0.228 e. The highest BCUT2D eigenvalue weighted by atomic mass is 19.1. The summed E-state index contributed by atoms with van der Waals surface area (Å²) < 4.78 is 15.0. The van der Waals surface area contributed by atoms with Crippen molar-refractivity contribution in [2.45, 2.75) is 31.8 Å². The Labute approximate surface area is 132 Å². The average molecular weight is 316 g/mol. The normalized spacial score (nSPS) is 18.0.